The molecule has 0 spiro atoms. The molecule has 0 atom stereocenters. The van der Waals surface area contributed by atoms with Crippen LogP contribution in [0.2, 0.25) is 0 Å². The van der Waals surface area contributed by atoms with Gasteiger partial charge in [-0.1, -0.05) is 6.92 Å². The molecule has 2 N–H and O–H groups in total. The van der Waals surface area contributed by atoms with Crippen molar-refractivity contribution in [2.24, 2.45) is 5.73 Å². The lowest BCUT2D eigenvalue weighted by molar-refractivity contribution is -0.113. The molecule has 3 nitrogen and oxygen atoms in total. The maximum atomic E-state index is 11.0. The third-order valence-corrected chi connectivity index (χ3v) is 2.04. The largest absolute Gasteiger partial charge is 0.402 e. The fourth-order valence-corrected chi connectivity index (χ4v) is 1.34. The molecule has 0 aliphatic rings. The Bertz CT molecular complexity index is 240. The second-order valence-corrected chi connectivity index (χ2v) is 3.05. The van der Waals surface area contributed by atoms with Crippen molar-refractivity contribution in [3.05, 3.63) is 11.3 Å². The monoisotopic (exact) mass is 184 g/mol. The first kappa shape index (κ1) is 11.1. The van der Waals surface area contributed by atoms with Crippen LogP contribution >= 0.6 is 11.8 Å². The number of thiocyanates is 1. The average molecular weight is 184 g/mol. The molecule has 0 aliphatic carbocycles. The summed E-state index contributed by atoms with van der Waals surface area (Å²) in [5.74, 6) is 0.350. The van der Waals surface area contributed by atoms with E-state index in [1.54, 1.807) is 0 Å². The van der Waals surface area contributed by atoms with Crippen LogP contribution in [0, 0.1) is 10.7 Å². The molecule has 0 aromatic rings. The number of nitrogens with two attached hydrogens (primary N) is 1. The molecule has 12 heavy (non-hydrogen) atoms. The number of carbonyl (C=O) groups is 1. The molecule has 0 radical (unpaired) electrons. The first-order valence-electron chi connectivity index (χ1n) is 3.62. The zero-order valence-corrected chi connectivity index (χ0v) is 8.07. The summed E-state index contributed by atoms with van der Waals surface area (Å²) in [6.07, 6.45) is 0.654. The van der Waals surface area contributed by atoms with E-state index in [1.165, 1.54) is 6.92 Å². The van der Waals surface area contributed by atoms with Crippen molar-refractivity contribution in [1.82, 2.24) is 0 Å². The molecule has 0 rings (SSSR count). The Hall–Kier alpha value is -0.950. The molecule has 0 saturated heterocycles. The van der Waals surface area contributed by atoms with Crippen LogP contribution in [0.1, 0.15) is 20.3 Å². The molecule has 0 heterocycles. The van der Waals surface area contributed by atoms with E-state index < -0.39 is 0 Å². The van der Waals surface area contributed by atoms with Gasteiger partial charge in [-0.3, -0.25) is 4.79 Å². The predicted octanol–water partition coefficient (Wildman–Crippen LogP) is 1.41. The Labute approximate surface area is 76.6 Å². The van der Waals surface area contributed by atoms with Crippen molar-refractivity contribution < 1.29 is 4.79 Å². The molecule has 66 valence electrons. The third-order valence-electron chi connectivity index (χ3n) is 1.47. The number of ketones is 1. The highest BCUT2D eigenvalue weighted by molar-refractivity contribution is 8.03. The van der Waals surface area contributed by atoms with Gasteiger partial charge < -0.3 is 5.73 Å². The Kier molecular flexibility index (Phi) is 5.22. The predicted molar refractivity (Wildman–Crippen MR) is 50.3 cm³/mol. The van der Waals surface area contributed by atoms with Gasteiger partial charge in [0.2, 0.25) is 0 Å². The summed E-state index contributed by atoms with van der Waals surface area (Å²) < 4.78 is 0. The van der Waals surface area contributed by atoms with E-state index in [0.717, 1.165) is 11.8 Å². The topological polar surface area (TPSA) is 66.9 Å². The van der Waals surface area contributed by atoms with Gasteiger partial charge in [0.05, 0.1) is 0 Å². The fourth-order valence-electron chi connectivity index (χ4n) is 0.738. The summed E-state index contributed by atoms with van der Waals surface area (Å²) in [7, 11) is 0. The summed E-state index contributed by atoms with van der Waals surface area (Å²) in [4.78, 5) is 11.0. The molecule has 0 bridgehead atoms. The first-order chi connectivity index (χ1) is 5.63. The number of thioether (sulfide) groups is 1. The first-order valence-corrected chi connectivity index (χ1v) is 4.61. The molecule has 0 aromatic heterocycles. The van der Waals surface area contributed by atoms with Crippen molar-refractivity contribution >= 4 is 17.5 Å². The number of nitrogens with zero attached hydrogens (tertiary/aromatic N) is 1. The molecule has 0 amide bonds. The minimum absolute atomic E-state index is 0.0444. The number of allylic oxidation sites excluding steroid dienone is 1. The zero-order chi connectivity index (χ0) is 9.56. The van der Waals surface area contributed by atoms with Crippen LogP contribution in [-0.4, -0.2) is 11.5 Å². The minimum Gasteiger partial charge on any atom is -0.402 e. The van der Waals surface area contributed by atoms with E-state index >= 15 is 0 Å². The van der Waals surface area contributed by atoms with Gasteiger partial charge in [-0.15, -0.1) is 0 Å². The lowest BCUT2D eigenvalue weighted by atomic mass is 10.1. The molecule has 4 heteroatoms. The van der Waals surface area contributed by atoms with Crippen LogP contribution in [0.3, 0.4) is 0 Å². The normalized spacial score (nSPS) is 11.8. The Morgan fingerprint density at radius 2 is 2.25 bits per heavy atom. The lowest BCUT2D eigenvalue weighted by Gasteiger charge is -2.03. The van der Waals surface area contributed by atoms with Crippen LogP contribution in [-0.2, 0) is 4.79 Å². The number of hydrogen-bond acceptors (Lipinski definition) is 4. The van der Waals surface area contributed by atoms with Gasteiger partial charge in [-0.05, 0) is 25.1 Å². The van der Waals surface area contributed by atoms with Crippen LogP contribution in [0.25, 0.3) is 0 Å². The summed E-state index contributed by atoms with van der Waals surface area (Å²) in [6, 6.07) is 0. The zero-order valence-electron chi connectivity index (χ0n) is 7.26. The van der Waals surface area contributed by atoms with Crippen LogP contribution < -0.4 is 5.73 Å². The van der Waals surface area contributed by atoms with E-state index in [4.69, 9.17) is 11.0 Å². The SMILES string of the molecule is CCC(N)=C(CSC#N)C(C)=O. The van der Waals surface area contributed by atoms with Gasteiger partial charge in [-0.2, -0.15) is 5.26 Å². The van der Waals surface area contributed by atoms with Crippen LogP contribution in [0.4, 0.5) is 0 Å². The van der Waals surface area contributed by atoms with E-state index in [-0.39, 0.29) is 5.78 Å². The molecule has 0 fully saturated rings. The van der Waals surface area contributed by atoms with E-state index in [1.807, 2.05) is 12.3 Å². The summed E-state index contributed by atoms with van der Waals surface area (Å²) in [5.41, 5.74) is 6.76. The Morgan fingerprint density at radius 3 is 2.58 bits per heavy atom. The van der Waals surface area contributed by atoms with Gasteiger partial charge in [0, 0.05) is 17.0 Å². The number of hydrogen-bond donors (Lipinski definition) is 1. The van der Waals surface area contributed by atoms with Gasteiger partial charge in [0.1, 0.15) is 5.40 Å². The maximum absolute atomic E-state index is 11.0. The highest BCUT2D eigenvalue weighted by atomic mass is 32.2. The molecule has 0 saturated carbocycles. The summed E-state index contributed by atoms with van der Waals surface area (Å²) in [6.45, 7) is 3.35. The third kappa shape index (κ3) is 3.44. The molecule has 0 aliphatic heterocycles. The minimum atomic E-state index is -0.0444. The molecule has 0 aromatic carbocycles. The van der Waals surface area contributed by atoms with E-state index in [2.05, 4.69) is 0 Å². The fraction of sp³-hybridized carbons (Fsp3) is 0.500. The van der Waals surface area contributed by atoms with Crippen molar-refractivity contribution in [2.75, 3.05) is 5.75 Å². The standard InChI is InChI=1S/C8H12N2OS/c1-3-8(10)7(6(2)11)4-12-5-9/h3-4,10H2,1-2H3. The van der Waals surface area contributed by atoms with Crippen LogP contribution in [0.5, 0.6) is 0 Å². The number of rotatable bonds is 4. The van der Waals surface area contributed by atoms with Crippen LogP contribution in [0.15, 0.2) is 11.3 Å². The molecular formula is C8H12N2OS. The number of nitriles is 1. The Morgan fingerprint density at radius 1 is 1.67 bits per heavy atom. The molecular weight excluding hydrogens is 172 g/mol. The summed E-state index contributed by atoms with van der Waals surface area (Å²) in [5, 5.41) is 10.2. The van der Waals surface area contributed by atoms with Crippen molar-refractivity contribution in [3.63, 3.8) is 0 Å². The quantitative estimate of drug-likeness (QED) is 0.530. The van der Waals surface area contributed by atoms with Crippen molar-refractivity contribution in [3.8, 4) is 5.40 Å². The summed E-state index contributed by atoms with van der Waals surface area (Å²) >= 11 is 1.04. The molecule has 0 unspecified atom stereocenters. The Balaban J connectivity index is 4.46. The van der Waals surface area contributed by atoms with Gasteiger partial charge in [-0.25, -0.2) is 0 Å². The van der Waals surface area contributed by atoms with Gasteiger partial charge in [0.25, 0.3) is 0 Å². The van der Waals surface area contributed by atoms with Gasteiger partial charge in [0.15, 0.2) is 5.78 Å². The van der Waals surface area contributed by atoms with E-state index in [9.17, 15) is 4.79 Å². The van der Waals surface area contributed by atoms with Crippen molar-refractivity contribution in [2.45, 2.75) is 20.3 Å². The second-order valence-electron chi connectivity index (χ2n) is 2.29. The average Bonchev–Trinajstić information content (AvgIpc) is 2.04. The number of carbonyl (C=O) groups excluding carboxylic acids is 1. The maximum Gasteiger partial charge on any atom is 0.158 e. The highest BCUT2D eigenvalue weighted by Crippen LogP contribution is 2.11. The van der Waals surface area contributed by atoms with Crippen molar-refractivity contribution in [1.29, 1.82) is 5.26 Å². The smallest absolute Gasteiger partial charge is 0.158 e. The highest BCUT2D eigenvalue weighted by Gasteiger charge is 2.07. The lowest BCUT2D eigenvalue weighted by Crippen LogP contribution is -2.09. The van der Waals surface area contributed by atoms with Gasteiger partial charge >= 0.3 is 0 Å². The number of Topliss-reactive ketones (excluding diaryl/α,β-unsaturated/α-hetero) is 1. The van der Waals surface area contributed by atoms with E-state index in [0.29, 0.717) is 23.4 Å². The second kappa shape index (κ2) is 5.67.